The first kappa shape index (κ1) is 30.4. The monoisotopic (exact) mass is 606 g/mol. The maximum absolute atomic E-state index is 12.8. The molecule has 8 heteroatoms. The number of ether oxygens (including phenoxy) is 1. The predicted molar refractivity (Wildman–Crippen MR) is 163 cm³/mol. The Hall–Kier alpha value is -4.04. The van der Waals surface area contributed by atoms with Crippen molar-refractivity contribution in [2.75, 3.05) is 12.4 Å². The lowest BCUT2D eigenvalue weighted by Gasteiger charge is -2.17. The number of phenolic OH excluding ortho intramolecular Hbond substituents is 1. The van der Waals surface area contributed by atoms with E-state index in [4.69, 9.17) is 4.74 Å². The molecule has 43 heavy (non-hydrogen) atoms. The Balaban J connectivity index is 1.20. The summed E-state index contributed by atoms with van der Waals surface area (Å²) in [7, 11) is -3.65. The van der Waals surface area contributed by atoms with Crippen LogP contribution >= 0.6 is 0 Å². The number of aryl methyl sites for hydroxylation is 1. The van der Waals surface area contributed by atoms with Gasteiger partial charge in [0, 0.05) is 0 Å². The number of hydrogen-bond donors (Lipinski definition) is 1. The molecule has 0 fully saturated rings. The van der Waals surface area contributed by atoms with E-state index in [1.807, 2.05) is 54.6 Å². The van der Waals surface area contributed by atoms with Crippen LogP contribution in [-0.2, 0) is 22.4 Å². The summed E-state index contributed by atoms with van der Waals surface area (Å²) in [5.41, 5.74) is 6.04. The van der Waals surface area contributed by atoms with E-state index in [9.17, 15) is 26.7 Å². The number of aromatic hydroxyl groups is 1. The SMILES string of the molecule is O=S(=O)(CCCCCOc1ccc(C2=C(c3ccccc3)CCCc3cc(O)ccc32)cc1)c1ccc(C(F)(F)F)cc1. The maximum atomic E-state index is 12.8. The van der Waals surface area contributed by atoms with E-state index in [1.54, 1.807) is 6.07 Å². The number of halogens is 3. The first-order chi connectivity index (χ1) is 20.6. The van der Waals surface area contributed by atoms with Crippen molar-refractivity contribution in [3.63, 3.8) is 0 Å². The highest BCUT2D eigenvalue weighted by atomic mass is 32.2. The van der Waals surface area contributed by atoms with Gasteiger partial charge >= 0.3 is 6.18 Å². The molecule has 4 aromatic rings. The first-order valence-electron chi connectivity index (χ1n) is 14.4. The van der Waals surface area contributed by atoms with Gasteiger partial charge in [0.2, 0.25) is 0 Å². The van der Waals surface area contributed by atoms with Crippen LogP contribution in [0.3, 0.4) is 0 Å². The van der Waals surface area contributed by atoms with Crippen LogP contribution < -0.4 is 4.74 Å². The van der Waals surface area contributed by atoms with Crippen molar-refractivity contribution in [2.45, 2.75) is 49.6 Å². The Morgan fingerprint density at radius 1 is 0.767 bits per heavy atom. The van der Waals surface area contributed by atoms with Gasteiger partial charge in [-0.25, -0.2) is 8.42 Å². The van der Waals surface area contributed by atoms with E-state index in [0.717, 1.165) is 65.8 Å². The van der Waals surface area contributed by atoms with Gasteiger partial charge in [0.25, 0.3) is 0 Å². The Morgan fingerprint density at radius 2 is 1.49 bits per heavy atom. The maximum Gasteiger partial charge on any atom is 0.416 e. The van der Waals surface area contributed by atoms with Crippen molar-refractivity contribution in [1.29, 1.82) is 0 Å². The molecule has 0 heterocycles. The number of fused-ring (bicyclic) bond motifs is 1. The number of unbranched alkanes of at least 4 members (excludes halogenated alkanes) is 2. The molecule has 1 aliphatic rings. The van der Waals surface area contributed by atoms with E-state index in [0.29, 0.717) is 31.6 Å². The third kappa shape index (κ3) is 7.49. The molecular formula is C35H33F3O4S. The molecule has 4 nitrogen and oxygen atoms in total. The molecule has 0 spiro atoms. The summed E-state index contributed by atoms with van der Waals surface area (Å²) < 4.78 is 69.2. The summed E-state index contributed by atoms with van der Waals surface area (Å²) in [6.07, 6.45) is -0.0814. The smallest absolute Gasteiger partial charge is 0.416 e. The average molecular weight is 607 g/mol. The molecule has 0 atom stereocenters. The van der Waals surface area contributed by atoms with Crippen molar-refractivity contribution in [3.8, 4) is 11.5 Å². The molecule has 0 radical (unpaired) electrons. The van der Waals surface area contributed by atoms with Crippen LogP contribution in [0.4, 0.5) is 13.2 Å². The summed E-state index contributed by atoms with van der Waals surface area (Å²) in [5.74, 6) is 0.843. The Morgan fingerprint density at radius 3 is 2.19 bits per heavy atom. The van der Waals surface area contributed by atoms with Crippen LogP contribution in [0.1, 0.15) is 59.9 Å². The molecule has 1 N–H and O–H groups in total. The van der Waals surface area contributed by atoms with Gasteiger partial charge in [0.15, 0.2) is 9.84 Å². The molecule has 0 amide bonds. The van der Waals surface area contributed by atoms with E-state index < -0.39 is 21.6 Å². The molecule has 0 saturated heterocycles. The minimum atomic E-state index is -4.50. The predicted octanol–water partition coefficient (Wildman–Crippen LogP) is 8.73. The van der Waals surface area contributed by atoms with Gasteiger partial charge in [-0.2, -0.15) is 13.2 Å². The molecule has 1 aliphatic carbocycles. The van der Waals surface area contributed by atoms with Gasteiger partial charge < -0.3 is 9.84 Å². The number of alkyl halides is 3. The van der Waals surface area contributed by atoms with Gasteiger partial charge in [0.05, 0.1) is 22.8 Å². The highest BCUT2D eigenvalue weighted by Gasteiger charge is 2.30. The van der Waals surface area contributed by atoms with Crippen molar-refractivity contribution in [3.05, 3.63) is 125 Å². The van der Waals surface area contributed by atoms with Gasteiger partial charge in [0.1, 0.15) is 11.5 Å². The molecular weight excluding hydrogens is 573 g/mol. The van der Waals surface area contributed by atoms with Crippen molar-refractivity contribution in [1.82, 2.24) is 0 Å². The van der Waals surface area contributed by atoms with Crippen LogP contribution in [0.15, 0.2) is 102 Å². The number of rotatable bonds is 10. The lowest BCUT2D eigenvalue weighted by Crippen LogP contribution is -2.09. The van der Waals surface area contributed by atoms with Crippen LogP contribution in [0, 0.1) is 0 Å². The second-order valence-corrected chi connectivity index (χ2v) is 12.8. The number of benzene rings is 4. The Bertz CT molecular complexity index is 1680. The zero-order valence-electron chi connectivity index (χ0n) is 23.6. The summed E-state index contributed by atoms with van der Waals surface area (Å²) in [6.45, 7) is 0.416. The van der Waals surface area contributed by atoms with Gasteiger partial charge in [-0.05, 0) is 120 Å². The van der Waals surface area contributed by atoms with E-state index in [2.05, 4.69) is 12.1 Å². The average Bonchev–Trinajstić information content (AvgIpc) is 3.18. The number of phenols is 1. The highest BCUT2D eigenvalue weighted by Crippen LogP contribution is 2.41. The van der Waals surface area contributed by atoms with Crippen LogP contribution in [0.5, 0.6) is 11.5 Å². The Kier molecular flexibility index (Phi) is 9.25. The lowest BCUT2D eigenvalue weighted by atomic mass is 9.88. The van der Waals surface area contributed by atoms with Crippen LogP contribution in [-0.4, -0.2) is 25.9 Å². The quantitative estimate of drug-likeness (QED) is 0.183. The van der Waals surface area contributed by atoms with E-state index in [1.165, 1.54) is 11.1 Å². The second-order valence-electron chi connectivity index (χ2n) is 10.7. The number of hydrogen-bond acceptors (Lipinski definition) is 4. The minimum absolute atomic E-state index is 0.101. The fourth-order valence-electron chi connectivity index (χ4n) is 5.48. The summed E-state index contributed by atoms with van der Waals surface area (Å²) in [6, 6.07) is 27.5. The normalized spacial score (nSPS) is 13.8. The first-order valence-corrected chi connectivity index (χ1v) is 16.0. The third-order valence-corrected chi connectivity index (χ3v) is 9.48. The van der Waals surface area contributed by atoms with Gasteiger partial charge in [-0.1, -0.05) is 48.5 Å². The van der Waals surface area contributed by atoms with Crippen LogP contribution in [0.25, 0.3) is 11.1 Å². The molecule has 5 rings (SSSR count). The van der Waals surface area contributed by atoms with E-state index >= 15 is 0 Å². The molecule has 4 aromatic carbocycles. The summed E-state index contributed by atoms with van der Waals surface area (Å²) >= 11 is 0. The molecule has 0 aromatic heterocycles. The fourth-order valence-corrected chi connectivity index (χ4v) is 6.85. The zero-order valence-corrected chi connectivity index (χ0v) is 24.4. The van der Waals surface area contributed by atoms with Gasteiger partial charge in [-0.3, -0.25) is 0 Å². The van der Waals surface area contributed by atoms with Gasteiger partial charge in [-0.15, -0.1) is 0 Å². The second kappa shape index (κ2) is 13.1. The summed E-state index contributed by atoms with van der Waals surface area (Å²) in [5, 5.41) is 10.1. The zero-order chi connectivity index (χ0) is 30.5. The Labute approximate surface area is 250 Å². The topological polar surface area (TPSA) is 63.6 Å². The molecule has 0 unspecified atom stereocenters. The molecule has 0 bridgehead atoms. The van der Waals surface area contributed by atoms with Crippen molar-refractivity contribution < 1.29 is 31.4 Å². The number of allylic oxidation sites excluding steroid dienone is 1. The molecule has 0 saturated carbocycles. The minimum Gasteiger partial charge on any atom is -0.508 e. The largest absolute Gasteiger partial charge is 0.508 e. The highest BCUT2D eigenvalue weighted by molar-refractivity contribution is 7.91. The molecule has 0 aliphatic heterocycles. The number of sulfone groups is 1. The third-order valence-electron chi connectivity index (χ3n) is 7.66. The standard InChI is InChI=1S/C35H33F3O4S/c36-35(37,38)28-14-19-31(20-15-28)43(40,41)23-6-2-5-22-42-30-17-12-26(13-18-30)34-32(25-8-3-1-4-9-25)11-7-10-27-24-29(39)16-21-33(27)34/h1,3-4,8-9,12-21,24,39H,2,5-7,10-11,22-23H2. The van der Waals surface area contributed by atoms with Crippen molar-refractivity contribution >= 4 is 21.0 Å². The van der Waals surface area contributed by atoms with E-state index in [-0.39, 0.29) is 16.4 Å². The molecule has 224 valence electrons. The van der Waals surface area contributed by atoms with Crippen molar-refractivity contribution in [2.24, 2.45) is 0 Å². The summed E-state index contributed by atoms with van der Waals surface area (Å²) in [4.78, 5) is -0.101. The lowest BCUT2D eigenvalue weighted by molar-refractivity contribution is -0.137. The van der Waals surface area contributed by atoms with Crippen LogP contribution in [0.2, 0.25) is 0 Å². The fraction of sp³-hybridized carbons (Fsp3) is 0.257.